The van der Waals surface area contributed by atoms with Crippen LogP contribution in [0, 0.1) is 0 Å². The standard InChI is InChI=1S/C17H12Cl2F3N3O2/c18-11-1-3-12(4-2-11)27-13-5-6-14(15(19)7-13)16(26,17(20,21)22)8-25-10-23-9-24-25/h1-7,9-10,26H,8H2/t16-/m0/s1. The van der Waals surface area contributed by atoms with Crippen LogP contribution in [0.1, 0.15) is 5.56 Å². The third-order valence-electron chi connectivity index (χ3n) is 3.76. The first-order valence-corrected chi connectivity index (χ1v) is 8.29. The van der Waals surface area contributed by atoms with E-state index in [2.05, 4.69) is 10.1 Å². The molecule has 27 heavy (non-hydrogen) atoms. The summed E-state index contributed by atoms with van der Waals surface area (Å²) in [5, 5.41) is 14.3. The van der Waals surface area contributed by atoms with Crippen LogP contribution in [0.3, 0.4) is 0 Å². The molecule has 0 radical (unpaired) electrons. The van der Waals surface area contributed by atoms with E-state index in [9.17, 15) is 18.3 Å². The topological polar surface area (TPSA) is 60.2 Å². The fourth-order valence-corrected chi connectivity index (χ4v) is 2.86. The molecule has 0 spiro atoms. The highest BCUT2D eigenvalue weighted by molar-refractivity contribution is 6.31. The Labute approximate surface area is 161 Å². The van der Waals surface area contributed by atoms with Crippen molar-refractivity contribution in [3.05, 3.63) is 70.7 Å². The third-order valence-corrected chi connectivity index (χ3v) is 4.33. The number of hydrogen-bond donors (Lipinski definition) is 1. The number of nitrogens with zero attached hydrogens (tertiary/aromatic N) is 3. The Morgan fingerprint density at radius 3 is 2.26 bits per heavy atom. The van der Waals surface area contributed by atoms with Gasteiger partial charge in [0.05, 0.1) is 11.6 Å². The predicted octanol–water partition coefficient (Wildman–Crippen LogP) is 4.83. The van der Waals surface area contributed by atoms with E-state index < -0.39 is 23.9 Å². The van der Waals surface area contributed by atoms with Crippen molar-refractivity contribution in [1.29, 1.82) is 0 Å². The van der Waals surface area contributed by atoms with Crippen LogP contribution < -0.4 is 4.74 Å². The van der Waals surface area contributed by atoms with Crippen LogP contribution in [-0.2, 0) is 12.1 Å². The Morgan fingerprint density at radius 1 is 1.04 bits per heavy atom. The predicted molar refractivity (Wildman–Crippen MR) is 93.0 cm³/mol. The lowest BCUT2D eigenvalue weighted by atomic mass is 9.92. The van der Waals surface area contributed by atoms with Crippen molar-refractivity contribution in [2.75, 3.05) is 0 Å². The van der Waals surface area contributed by atoms with E-state index in [0.29, 0.717) is 10.8 Å². The normalized spacial score (nSPS) is 14.0. The number of hydrogen-bond acceptors (Lipinski definition) is 4. The molecular formula is C17H12Cl2F3N3O2. The zero-order chi connectivity index (χ0) is 19.7. The van der Waals surface area contributed by atoms with Gasteiger partial charge in [-0.05, 0) is 36.4 Å². The SMILES string of the molecule is O[C@@](Cn1cncn1)(c1ccc(Oc2ccc(Cl)cc2)cc1Cl)C(F)(F)F. The maximum absolute atomic E-state index is 13.6. The Hall–Kier alpha value is -2.29. The largest absolute Gasteiger partial charge is 0.457 e. The molecule has 3 rings (SSSR count). The molecule has 10 heteroatoms. The van der Waals surface area contributed by atoms with Crippen molar-refractivity contribution in [3.63, 3.8) is 0 Å². The Morgan fingerprint density at radius 2 is 1.70 bits per heavy atom. The minimum Gasteiger partial charge on any atom is -0.457 e. The smallest absolute Gasteiger partial charge is 0.423 e. The Balaban J connectivity index is 1.93. The molecule has 3 aromatic rings. The van der Waals surface area contributed by atoms with Gasteiger partial charge < -0.3 is 9.84 Å². The summed E-state index contributed by atoms with van der Waals surface area (Å²) in [6.07, 6.45) is -2.86. The van der Waals surface area contributed by atoms with Gasteiger partial charge >= 0.3 is 6.18 Å². The van der Waals surface area contributed by atoms with Gasteiger partial charge in [0.1, 0.15) is 24.2 Å². The van der Waals surface area contributed by atoms with Gasteiger partial charge in [0.25, 0.3) is 0 Å². The third kappa shape index (κ3) is 4.18. The zero-order valence-electron chi connectivity index (χ0n) is 13.5. The quantitative estimate of drug-likeness (QED) is 0.645. The second-order valence-corrected chi connectivity index (χ2v) is 6.49. The van der Waals surface area contributed by atoms with E-state index >= 15 is 0 Å². The molecule has 1 atom stereocenters. The number of halogens is 5. The van der Waals surface area contributed by atoms with Gasteiger partial charge in [-0.1, -0.05) is 29.3 Å². The summed E-state index contributed by atoms with van der Waals surface area (Å²) < 4.78 is 47.3. The van der Waals surface area contributed by atoms with Crippen molar-refractivity contribution in [2.24, 2.45) is 0 Å². The van der Waals surface area contributed by atoms with E-state index in [4.69, 9.17) is 27.9 Å². The fraction of sp³-hybridized carbons (Fsp3) is 0.176. The van der Waals surface area contributed by atoms with Crippen LogP contribution in [0.25, 0.3) is 0 Å². The van der Waals surface area contributed by atoms with E-state index in [1.165, 1.54) is 12.1 Å². The van der Waals surface area contributed by atoms with Crippen LogP contribution in [0.4, 0.5) is 13.2 Å². The molecule has 0 aliphatic heterocycles. The number of aromatic nitrogens is 3. The molecule has 1 heterocycles. The van der Waals surface area contributed by atoms with E-state index in [1.54, 1.807) is 24.3 Å². The van der Waals surface area contributed by atoms with Gasteiger partial charge in [-0.25, -0.2) is 9.67 Å². The summed E-state index contributed by atoms with van der Waals surface area (Å²) in [5.41, 5.74) is -3.77. The highest BCUT2D eigenvalue weighted by Crippen LogP contribution is 2.44. The van der Waals surface area contributed by atoms with E-state index in [-0.39, 0.29) is 10.8 Å². The molecule has 2 aromatic carbocycles. The van der Waals surface area contributed by atoms with E-state index in [0.717, 1.165) is 23.4 Å². The minimum absolute atomic E-state index is 0.205. The van der Waals surface area contributed by atoms with Crippen molar-refractivity contribution in [3.8, 4) is 11.5 Å². The molecular weight excluding hydrogens is 406 g/mol. The molecule has 0 saturated carbocycles. The molecule has 0 unspecified atom stereocenters. The first kappa shape index (κ1) is 19.5. The van der Waals surface area contributed by atoms with Gasteiger partial charge in [-0.15, -0.1) is 0 Å². The van der Waals surface area contributed by atoms with Crippen LogP contribution in [-0.4, -0.2) is 26.0 Å². The summed E-state index contributed by atoms with van der Waals surface area (Å²) in [6.45, 7) is -0.895. The van der Waals surface area contributed by atoms with Crippen LogP contribution in [0.15, 0.2) is 55.1 Å². The van der Waals surface area contributed by atoms with Gasteiger partial charge in [0.15, 0.2) is 0 Å². The average molecular weight is 418 g/mol. The molecule has 0 aliphatic rings. The summed E-state index contributed by atoms with van der Waals surface area (Å²) >= 11 is 11.8. The van der Waals surface area contributed by atoms with E-state index in [1.807, 2.05) is 0 Å². The van der Waals surface area contributed by atoms with Gasteiger partial charge in [0, 0.05) is 10.6 Å². The fourth-order valence-electron chi connectivity index (χ4n) is 2.41. The summed E-state index contributed by atoms with van der Waals surface area (Å²) in [7, 11) is 0. The number of rotatable bonds is 5. The van der Waals surface area contributed by atoms with Gasteiger partial charge in [-0.2, -0.15) is 18.3 Å². The number of alkyl halides is 3. The number of ether oxygens (including phenoxy) is 1. The van der Waals surface area contributed by atoms with Crippen molar-refractivity contribution in [1.82, 2.24) is 14.8 Å². The lowest BCUT2D eigenvalue weighted by Crippen LogP contribution is -2.46. The number of benzene rings is 2. The maximum atomic E-state index is 13.6. The molecule has 0 amide bonds. The van der Waals surface area contributed by atoms with Crippen LogP contribution >= 0.6 is 23.2 Å². The Bertz CT molecular complexity index is 918. The van der Waals surface area contributed by atoms with Gasteiger partial charge in [-0.3, -0.25) is 0 Å². The first-order valence-electron chi connectivity index (χ1n) is 7.54. The highest BCUT2D eigenvalue weighted by Gasteiger charge is 2.56. The Kier molecular flexibility index (Phi) is 5.32. The second-order valence-electron chi connectivity index (χ2n) is 5.65. The zero-order valence-corrected chi connectivity index (χ0v) is 15.0. The van der Waals surface area contributed by atoms with Crippen molar-refractivity contribution in [2.45, 2.75) is 18.3 Å². The lowest BCUT2D eigenvalue weighted by Gasteiger charge is -2.31. The molecule has 1 aromatic heterocycles. The summed E-state index contributed by atoms with van der Waals surface area (Å²) in [4.78, 5) is 3.58. The average Bonchev–Trinajstić information content (AvgIpc) is 3.09. The molecule has 0 bridgehead atoms. The first-order chi connectivity index (χ1) is 12.7. The number of aliphatic hydroxyl groups is 1. The van der Waals surface area contributed by atoms with Crippen LogP contribution in [0.2, 0.25) is 10.0 Å². The highest BCUT2D eigenvalue weighted by atomic mass is 35.5. The maximum Gasteiger partial charge on any atom is 0.423 e. The molecule has 0 saturated heterocycles. The molecule has 0 fully saturated rings. The van der Waals surface area contributed by atoms with Crippen molar-refractivity contribution < 1.29 is 23.0 Å². The monoisotopic (exact) mass is 417 g/mol. The molecule has 0 aliphatic carbocycles. The minimum atomic E-state index is -5.00. The molecule has 142 valence electrons. The lowest BCUT2D eigenvalue weighted by molar-refractivity contribution is -0.272. The summed E-state index contributed by atoms with van der Waals surface area (Å²) in [6, 6.07) is 9.96. The second kappa shape index (κ2) is 7.38. The molecule has 1 N–H and O–H groups in total. The summed E-state index contributed by atoms with van der Waals surface area (Å²) in [5.74, 6) is 0.633. The van der Waals surface area contributed by atoms with Gasteiger partial charge in [0.2, 0.25) is 5.60 Å². The van der Waals surface area contributed by atoms with Crippen molar-refractivity contribution >= 4 is 23.2 Å². The van der Waals surface area contributed by atoms with Crippen LogP contribution in [0.5, 0.6) is 11.5 Å². The molecule has 5 nitrogen and oxygen atoms in total.